The standard InChI is InChI=1S/C24H32N8O4/c1-23(35)12-36-24(11-17(23)32-13-28-18-19(26)29-22(27)30-20(18)32)6-8-31(9-7-24)21(34)16(25)10-14-2-4-15(33)5-3-14/h2-5,13,16-17,33,35H,6-12,25H2,1H3,(H4,26,27,29,30)/t16-,17-,23-/m0/s1. The minimum Gasteiger partial charge on any atom is -0.508 e. The number of anilines is 2. The van der Waals surface area contributed by atoms with Gasteiger partial charge in [-0.05, 0) is 43.9 Å². The van der Waals surface area contributed by atoms with Crippen LogP contribution in [0.2, 0.25) is 0 Å². The maximum absolute atomic E-state index is 13.0. The Labute approximate surface area is 208 Å². The number of amides is 1. The number of nitrogens with zero attached hydrogens (tertiary/aromatic N) is 5. The van der Waals surface area contributed by atoms with E-state index in [1.807, 2.05) is 0 Å². The molecule has 2 fully saturated rings. The molecule has 0 radical (unpaired) electrons. The number of ether oxygens (including phenoxy) is 1. The van der Waals surface area contributed by atoms with E-state index in [-0.39, 0.29) is 36.1 Å². The van der Waals surface area contributed by atoms with Crippen molar-refractivity contribution < 1.29 is 19.7 Å². The Balaban J connectivity index is 1.29. The number of fused-ring (bicyclic) bond motifs is 1. The average Bonchev–Trinajstić information content (AvgIpc) is 3.26. The van der Waals surface area contributed by atoms with Gasteiger partial charge in [0, 0.05) is 19.5 Å². The molecule has 12 nitrogen and oxygen atoms in total. The minimum absolute atomic E-state index is 0.0404. The van der Waals surface area contributed by atoms with E-state index in [0.29, 0.717) is 49.9 Å². The zero-order valence-electron chi connectivity index (χ0n) is 20.2. The van der Waals surface area contributed by atoms with Crippen molar-refractivity contribution in [1.29, 1.82) is 0 Å². The number of imidazole rings is 1. The van der Waals surface area contributed by atoms with Gasteiger partial charge in [0.25, 0.3) is 0 Å². The number of benzene rings is 1. The van der Waals surface area contributed by atoms with Crippen LogP contribution in [-0.2, 0) is 16.0 Å². The van der Waals surface area contributed by atoms with E-state index in [4.69, 9.17) is 21.9 Å². The first-order valence-electron chi connectivity index (χ1n) is 12.0. The molecular formula is C24H32N8O4. The van der Waals surface area contributed by atoms with Crippen molar-refractivity contribution in [3.8, 4) is 5.75 Å². The lowest BCUT2D eigenvalue weighted by Crippen LogP contribution is -2.58. The van der Waals surface area contributed by atoms with E-state index < -0.39 is 17.2 Å². The third-order valence-corrected chi connectivity index (χ3v) is 7.45. The van der Waals surface area contributed by atoms with E-state index in [9.17, 15) is 15.0 Å². The third kappa shape index (κ3) is 4.43. The summed E-state index contributed by atoms with van der Waals surface area (Å²) in [7, 11) is 0. The van der Waals surface area contributed by atoms with E-state index in [1.165, 1.54) is 0 Å². The van der Waals surface area contributed by atoms with Crippen molar-refractivity contribution in [2.75, 3.05) is 31.2 Å². The Hall–Kier alpha value is -3.48. The Morgan fingerprint density at radius 3 is 2.61 bits per heavy atom. The van der Waals surface area contributed by atoms with Crippen LogP contribution >= 0.6 is 0 Å². The van der Waals surface area contributed by atoms with Gasteiger partial charge in [0.15, 0.2) is 11.5 Å². The lowest BCUT2D eigenvalue weighted by molar-refractivity contribution is -0.201. The fourth-order valence-electron chi connectivity index (χ4n) is 5.30. The van der Waals surface area contributed by atoms with Crippen LogP contribution in [-0.4, -0.2) is 77.5 Å². The van der Waals surface area contributed by atoms with Crippen molar-refractivity contribution in [3.05, 3.63) is 36.2 Å². The first-order chi connectivity index (χ1) is 17.1. The SMILES string of the molecule is C[C@]1(O)COC2(CCN(C(=O)[C@@H](N)Cc3ccc(O)cc3)CC2)C[C@@H]1n1cnc2c(N)nc(N)nc21. The van der Waals surface area contributed by atoms with Gasteiger partial charge in [-0.3, -0.25) is 4.79 Å². The summed E-state index contributed by atoms with van der Waals surface area (Å²) in [6, 6.07) is 5.65. The predicted octanol–water partition coefficient (Wildman–Crippen LogP) is 0.340. The van der Waals surface area contributed by atoms with Crippen LogP contribution in [0.3, 0.4) is 0 Å². The fraction of sp³-hybridized carbons (Fsp3) is 0.500. The maximum atomic E-state index is 13.0. The number of hydrogen-bond donors (Lipinski definition) is 5. The Bertz CT molecular complexity index is 1270. The van der Waals surface area contributed by atoms with Crippen LogP contribution in [0.25, 0.3) is 11.2 Å². The summed E-state index contributed by atoms with van der Waals surface area (Å²) < 4.78 is 8.05. The number of carbonyl (C=O) groups excluding carboxylic acids is 1. The maximum Gasteiger partial charge on any atom is 0.239 e. The van der Waals surface area contributed by atoms with Gasteiger partial charge in [0.05, 0.1) is 30.6 Å². The first kappa shape index (κ1) is 24.2. The van der Waals surface area contributed by atoms with E-state index in [1.54, 1.807) is 47.0 Å². The number of hydrogen-bond acceptors (Lipinski definition) is 10. The van der Waals surface area contributed by atoms with Crippen LogP contribution in [0.1, 0.15) is 37.8 Å². The zero-order valence-corrected chi connectivity index (χ0v) is 20.2. The highest BCUT2D eigenvalue weighted by molar-refractivity contribution is 5.83. The van der Waals surface area contributed by atoms with Crippen molar-refractivity contribution in [2.45, 2.75) is 55.9 Å². The molecule has 12 heteroatoms. The molecule has 1 amide bonds. The van der Waals surface area contributed by atoms with Crippen LogP contribution in [0.15, 0.2) is 30.6 Å². The topological polar surface area (TPSA) is 192 Å². The molecular weight excluding hydrogens is 464 g/mol. The summed E-state index contributed by atoms with van der Waals surface area (Å²) in [5.41, 5.74) is 18.1. The number of nitrogens with two attached hydrogens (primary N) is 3. The summed E-state index contributed by atoms with van der Waals surface area (Å²) in [5, 5.41) is 20.7. The van der Waals surface area contributed by atoms with Crippen LogP contribution in [0, 0.1) is 0 Å². The van der Waals surface area contributed by atoms with Crippen molar-refractivity contribution in [2.24, 2.45) is 5.73 Å². The van der Waals surface area contributed by atoms with Crippen LogP contribution in [0.4, 0.5) is 11.8 Å². The third-order valence-electron chi connectivity index (χ3n) is 7.45. The molecule has 0 saturated carbocycles. The van der Waals surface area contributed by atoms with Gasteiger partial charge in [-0.15, -0.1) is 0 Å². The molecule has 192 valence electrons. The highest BCUT2D eigenvalue weighted by Gasteiger charge is 2.50. The largest absolute Gasteiger partial charge is 0.508 e. The molecule has 0 bridgehead atoms. The summed E-state index contributed by atoms with van der Waals surface area (Å²) in [4.78, 5) is 27.4. The average molecular weight is 497 g/mol. The molecule has 2 aliphatic rings. The van der Waals surface area contributed by atoms with Crippen molar-refractivity contribution in [3.63, 3.8) is 0 Å². The quantitative estimate of drug-likeness (QED) is 0.336. The monoisotopic (exact) mass is 496 g/mol. The number of likely N-dealkylation sites (tertiary alicyclic amines) is 1. The summed E-state index contributed by atoms with van der Waals surface area (Å²) >= 11 is 0. The summed E-state index contributed by atoms with van der Waals surface area (Å²) in [5.74, 6) is 0.292. The van der Waals surface area contributed by atoms with E-state index in [2.05, 4.69) is 15.0 Å². The molecule has 3 aromatic rings. The number of aromatic nitrogens is 4. The molecule has 0 aliphatic carbocycles. The molecule has 0 unspecified atom stereocenters. The highest BCUT2D eigenvalue weighted by atomic mass is 16.5. The second kappa shape index (κ2) is 8.87. The van der Waals surface area contributed by atoms with Gasteiger partial charge >= 0.3 is 0 Å². The zero-order chi connectivity index (χ0) is 25.7. The second-order valence-electron chi connectivity index (χ2n) is 10.1. The number of rotatable bonds is 4. The number of phenols is 1. The van der Waals surface area contributed by atoms with Crippen molar-refractivity contribution in [1.82, 2.24) is 24.4 Å². The molecule has 2 aliphatic heterocycles. The van der Waals surface area contributed by atoms with Crippen LogP contribution < -0.4 is 17.2 Å². The van der Waals surface area contributed by atoms with Gasteiger partial charge in [-0.2, -0.15) is 9.97 Å². The normalized spacial score (nSPS) is 24.8. The molecule has 36 heavy (non-hydrogen) atoms. The first-order valence-corrected chi connectivity index (χ1v) is 12.0. The molecule has 2 aromatic heterocycles. The predicted molar refractivity (Wildman–Crippen MR) is 133 cm³/mol. The smallest absolute Gasteiger partial charge is 0.239 e. The summed E-state index contributed by atoms with van der Waals surface area (Å²) in [6.45, 7) is 2.86. The number of aromatic hydroxyl groups is 1. The number of nitrogen functional groups attached to an aromatic ring is 2. The molecule has 5 rings (SSSR count). The number of phenolic OH excluding ortho intramolecular Hbond substituents is 1. The van der Waals surface area contributed by atoms with Crippen LogP contribution in [0.5, 0.6) is 5.75 Å². The molecule has 3 atom stereocenters. The molecule has 1 spiro atoms. The van der Waals surface area contributed by atoms with Crippen molar-refractivity contribution >= 4 is 28.8 Å². The highest BCUT2D eigenvalue weighted by Crippen LogP contribution is 2.44. The number of aliphatic hydroxyl groups is 1. The lowest BCUT2D eigenvalue weighted by atomic mass is 9.77. The second-order valence-corrected chi connectivity index (χ2v) is 10.1. The lowest BCUT2D eigenvalue weighted by Gasteiger charge is -2.51. The molecule has 2 saturated heterocycles. The Kier molecular flexibility index (Phi) is 5.97. The fourth-order valence-corrected chi connectivity index (χ4v) is 5.30. The van der Waals surface area contributed by atoms with E-state index in [0.717, 1.165) is 5.56 Å². The minimum atomic E-state index is -1.17. The summed E-state index contributed by atoms with van der Waals surface area (Å²) in [6.07, 6.45) is 3.74. The van der Waals surface area contributed by atoms with Gasteiger partial charge in [0.2, 0.25) is 11.9 Å². The number of piperidine rings is 1. The molecule has 8 N–H and O–H groups in total. The van der Waals surface area contributed by atoms with Gasteiger partial charge in [0.1, 0.15) is 16.9 Å². The molecule has 4 heterocycles. The van der Waals surface area contributed by atoms with Gasteiger partial charge in [-0.1, -0.05) is 12.1 Å². The Morgan fingerprint density at radius 1 is 1.22 bits per heavy atom. The number of carbonyl (C=O) groups is 1. The van der Waals surface area contributed by atoms with E-state index >= 15 is 0 Å². The van der Waals surface area contributed by atoms with Gasteiger partial charge in [-0.25, -0.2) is 4.98 Å². The van der Waals surface area contributed by atoms with Gasteiger partial charge < -0.3 is 41.6 Å². The molecule has 1 aromatic carbocycles. The Morgan fingerprint density at radius 2 is 1.92 bits per heavy atom.